The van der Waals surface area contributed by atoms with Crippen molar-refractivity contribution in [3.8, 4) is 10.6 Å². The molecule has 2 N–H and O–H groups in total. The number of aromatic nitrogens is 1. The van der Waals surface area contributed by atoms with E-state index in [4.69, 9.17) is 4.74 Å². The van der Waals surface area contributed by atoms with Crippen LogP contribution in [0.15, 0.2) is 43.1 Å². The molecular weight excluding hydrogens is 617 g/mol. The Morgan fingerprint density at radius 2 is 2.00 bits per heavy atom. The van der Waals surface area contributed by atoms with Gasteiger partial charge in [0.15, 0.2) is 0 Å². The van der Waals surface area contributed by atoms with Gasteiger partial charge in [-0.2, -0.15) is 0 Å². The second-order valence-corrected chi connectivity index (χ2v) is 17.9. The molecule has 0 unspecified atom stereocenters. The molecule has 46 heavy (non-hydrogen) atoms. The van der Waals surface area contributed by atoms with Crippen LogP contribution in [0.4, 0.5) is 0 Å². The van der Waals surface area contributed by atoms with Crippen LogP contribution in [0.1, 0.15) is 88.9 Å². The number of Topliss-reactive ketones (excluding diaryl/α,β-unsaturated/α-hetero) is 1. The van der Waals surface area contributed by atoms with Gasteiger partial charge in [0.2, 0.25) is 0 Å². The molecule has 3 aliphatic carbocycles. The molecule has 1 amide bonds. The summed E-state index contributed by atoms with van der Waals surface area (Å²) in [6.07, 6.45) is 5.73. The van der Waals surface area contributed by atoms with Crippen LogP contribution < -0.4 is 5.32 Å². The normalized spacial score (nSPS) is 34.3. The van der Waals surface area contributed by atoms with Gasteiger partial charge in [0, 0.05) is 40.0 Å². The number of thiazole rings is 1. The highest BCUT2D eigenvalue weighted by molar-refractivity contribution is 8.01. The van der Waals surface area contributed by atoms with Crippen molar-refractivity contribution in [3.05, 3.63) is 53.6 Å². The lowest BCUT2D eigenvalue weighted by molar-refractivity contribution is -0.205. The Balaban J connectivity index is 1.26. The summed E-state index contributed by atoms with van der Waals surface area (Å²) in [6.45, 7) is 18.9. The zero-order valence-corrected chi connectivity index (χ0v) is 30.0. The number of carbonyl (C=O) groups excluding carboxylic acids is 3. The van der Waals surface area contributed by atoms with E-state index in [2.05, 4.69) is 37.7 Å². The van der Waals surface area contributed by atoms with Crippen LogP contribution in [0.25, 0.3) is 10.6 Å². The van der Waals surface area contributed by atoms with E-state index in [1.807, 2.05) is 58.0 Å². The van der Waals surface area contributed by atoms with E-state index in [1.165, 1.54) is 23.1 Å². The highest BCUT2D eigenvalue weighted by atomic mass is 32.2. The summed E-state index contributed by atoms with van der Waals surface area (Å²) in [4.78, 5) is 45.2. The average Bonchev–Trinajstić information content (AvgIpc) is 3.66. The Kier molecular flexibility index (Phi) is 9.73. The molecule has 3 fully saturated rings. The maximum Gasteiger partial charge on any atom is 0.316 e. The largest absolute Gasteiger partial charge is 0.461 e. The molecule has 2 bridgehead atoms. The van der Waals surface area contributed by atoms with Crippen LogP contribution >= 0.6 is 23.1 Å². The van der Waals surface area contributed by atoms with Crippen molar-refractivity contribution in [3.63, 3.8) is 0 Å². The molecule has 2 aromatic rings. The van der Waals surface area contributed by atoms with Crippen molar-refractivity contribution in [1.82, 2.24) is 10.3 Å². The van der Waals surface area contributed by atoms with Gasteiger partial charge in [-0.1, -0.05) is 57.5 Å². The van der Waals surface area contributed by atoms with E-state index >= 15 is 0 Å². The minimum absolute atomic E-state index is 0.0684. The Morgan fingerprint density at radius 3 is 2.70 bits per heavy atom. The van der Waals surface area contributed by atoms with Crippen molar-refractivity contribution in [1.29, 1.82) is 0 Å². The first-order valence-electron chi connectivity index (χ1n) is 16.6. The standard InChI is InChI=1S/C37H50N2O5S2/c1-9-35(7)18-28(36(8)23(3)13-15-37(24(4)31(35)42)16-14-26(40)30(36)37)44-29(41)20-45-34(5,6)21-39-32(43)27-19-38-33(46-27)25-12-10-11-22(2)17-25/h9-12,17,19,23-24,28,30-31,42H,1,13-16,18,20-21H2,2-8H3,(H,39,43)/t23-,24+,28-,30+,31+,35-,36+,37+/m1/s1. The van der Waals surface area contributed by atoms with E-state index in [9.17, 15) is 19.5 Å². The van der Waals surface area contributed by atoms with Gasteiger partial charge in [0.1, 0.15) is 21.8 Å². The summed E-state index contributed by atoms with van der Waals surface area (Å²) in [5.74, 6) is -0.324. The molecule has 5 rings (SSSR count). The number of rotatable bonds is 9. The van der Waals surface area contributed by atoms with Gasteiger partial charge in [0.25, 0.3) is 5.91 Å². The summed E-state index contributed by atoms with van der Waals surface area (Å²) in [7, 11) is 0. The first kappa shape index (κ1) is 34.8. The first-order valence-corrected chi connectivity index (χ1v) is 18.4. The molecule has 3 saturated carbocycles. The predicted octanol–water partition coefficient (Wildman–Crippen LogP) is 7.27. The smallest absolute Gasteiger partial charge is 0.316 e. The lowest BCUT2D eigenvalue weighted by Crippen LogP contribution is -2.63. The zero-order chi connectivity index (χ0) is 33.7. The van der Waals surface area contributed by atoms with Crippen molar-refractivity contribution >= 4 is 40.8 Å². The number of hydrogen-bond acceptors (Lipinski definition) is 8. The average molecular weight is 667 g/mol. The highest BCUT2D eigenvalue weighted by Crippen LogP contribution is 2.68. The Hall–Kier alpha value is -2.49. The topological polar surface area (TPSA) is 106 Å². The molecular formula is C37H50N2O5S2. The number of thioether (sulfide) groups is 1. The lowest BCUT2D eigenvalue weighted by atomic mass is 9.44. The number of benzene rings is 1. The van der Waals surface area contributed by atoms with Crippen molar-refractivity contribution in [2.24, 2.45) is 34.0 Å². The summed E-state index contributed by atoms with van der Waals surface area (Å²) in [5.41, 5.74) is 0.606. The van der Waals surface area contributed by atoms with Gasteiger partial charge in [0.05, 0.1) is 18.1 Å². The number of nitrogens with zero attached hydrogens (tertiary/aromatic N) is 1. The third kappa shape index (κ3) is 6.24. The predicted molar refractivity (Wildman–Crippen MR) is 186 cm³/mol. The maximum absolute atomic E-state index is 13.6. The van der Waals surface area contributed by atoms with Crippen LogP contribution in [-0.4, -0.2) is 57.0 Å². The molecule has 0 spiro atoms. The highest BCUT2D eigenvalue weighted by Gasteiger charge is 2.68. The fourth-order valence-corrected chi connectivity index (χ4v) is 10.2. The molecule has 250 valence electrons. The number of esters is 1. The maximum atomic E-state index is 13.6. The third-order valence-electron chi connectivity index (χ3n) is 11.8. The Bertz CT molecular complexity index is 1500. The van der Waals surface area contributed by atoms with Gasteiger partial charge < -0.3 is 15.2 Å². The quantitative estimate of drug-likeness (QED) is 0.214. The van der Waals surface area contributed by atoms with Crippen LogP contribution in [-0.2, 0) is 14.3 Å². The number of ether oxygens (including phenoxy) is 1. The summed E-state index contributed by atoms with van der Waals surface area (Å²) in [6, 6.07) is 8.04. The lowest BCUT2D eigenvalue weighted by Gasteiger charge is -2.61. The van der Waals surface area contributed by atoms with Crippen LogP contribution in [0.2, 0.25) is 0 Å². The molecule has 0 radical (unpaired) electrons. The third-order valence-corrected chi connectivity index (χ3v) is 14.2. The van der Waals surface area contributed by atoms with Crippen LogP contribution in [0.5, 0.6) is 0 Å². The van der Waals surface area contributed by atoms with Gasteiger partial charge in [-0.15, -0.1) is 29.7 Å². The number of aliphatic hydroxyl groups is 1. The van der Waals surface area contributed by atoms with Gasteiger partial charge in [-0.05, 0) is 69.8 Å². The molecule has 1 aromatic heterocycles. The Morgan fingerprint density at radius 1 is 1.26 bits per heavy atom. The van der Waals surface area contributed by atoms with E-state index in [-0.39, 0.29) is 46.6 Å². The number of hydrogen-bond donors (Lipinski definition) is 2. The number of aliphatic hydroxyl groups excluding tert-OH is 1. The van der Waals surface area contributed by atoms with E-state index in [1.54, 1.807) is 6.20 Å². The molecule has 1 heterocycles. The minimum atomic E-state index is -0.694. The second kappa shape index (κ2) is 12.8. The number of amides is 1. The van der Waals surface area contributed by atoms with Gasteiger partial charge in [-0.25, -0.2) is 4.98 Å². The number of aryl methyl sites for hydroxylation is 1. The van der Waals surface area contributed by atoms with E-state index in [0.717, 1.165) is 35.4 Å². The van der Waals surface area contributed by atoms with Crippen molar-refractivity contribution in [2.75, 3.05) is 12.3 Å². The van der Waals surface area contributed by atoms with Crippen molar-refractivity contribution in [2.45, 2.75) is 97.5 Å². The summed E-state index contributed by atoms with van der Waals surface area (Å²) in [5, 5.41) is 15.6. The molecule has 0 saturated heterocycles. The van der Waals surface area contributed by atoms with Gasteiger partial charge >= 0.3 is 5.97 Å². The Labute approximate surface area is 282 Å². The molecule has 0 aliphatic heterocycles. The number of ketones is 1. The zero-order valence-electron chi connectivity index (χ0n) is 28.4. The second-order valence-electron chi connectivity index (χ2n) is 15.2. The van der Waals surface area contributed by atoms with E-state index in [0.29, 0.717) is 24.3 Å². The molecule has 8 atom stereocenters. The molecule has 9 heteroatoms. The number of nitrogens with one attached hydrogen (secondary N) is 1. The van der Waals surface area contributed by atoms with Gasteiger partial charge in [-0.3, -0.25) is 14.4 Å². The summed E-state index contributed by atoms with van der Waals surface area (Å²) >= 11 is 2.79. The minimum Gasteiger partial charge on any atom is -0.461 e. The fraction of sp³-hybridized carbons (Fsp3) is 0.622. The first-order chi connectivity index (χ1) is 21.6. The van der Waals surface area contributed by atoms with E-state index < -0.39 is 27.8 Å². The van der Waals surface area contributed by atoms with Crippen LogP contribution in [0, 0.1) is 40.9 Å². The summed E-state index contributed by atoms with van der Waals surface area (Å²) < 4.78 is 5.95. The SMILES string of the molecule is C=C[C@]1(C)C[C@@H](OC(=O)CSC(C)(C)CNC(=O)c2cnc(-c3cccc(C)c3)s2)[C@]2(C)[C@H](C)CC[C@]3(CCC(=O)[C@H]32)[C@@H](C)[C@@H]1O. The molecule has 3 aliphatic rings. The molecule has 1 aromatic carbocycles. The van der Waals surface area contributed by atoms with Crippen molar-refractivity contribution < 1.29 is 24.2 Å². The molecule has 7 nitrogen and oxygen atoms in total. The van der Waals surface area contributed by atoms with Crippen LogP contribution in [0.3, 0.4) is 0 Å². The number of carbonyl (C=O) groups is 3. The monoisotopic (exact) mass is 666 g/mol. The fourth-order valence-electron chi connectivity index (χ4n) is 8.67.